The lowest BCUT2D eigenvalue weighted by atomic mass is 10.2. The highest BCUT2D eigenvalue weighted by Gasteiger charge is 2.09. The number of hydrogen-bond donors (Lipinski definition) is 1. The van der Waals surface area contributed by atoms with E-state index in [9.17, 15) is 0 Å². The van der Waals surface area contributed by atoms with Gasteiger partial charge in [-0.05, 0) is 19.1 Å². The average molecular weight is 212 g/mol. The van der Waals surface area contributed by atoms with Gasteiger partial charge < -0.3 is 10.3 Å². The van der Waals surface area contributed by atoms with Crippen molar-refractivity contribution in [3.05, 3.63) is 30.4 Å². The van der Waals surface area contributed by atoms with E-state index in [2.05, 4.69) is 15.9 Å². The van der Waals surface area contributed by atoms with E-state index in [0.717, 1.165) is 17.0 Å². The van der Waals surface area contributed by atoms with Crippen molar-refractivity contribution >= 4 is 5.82 Å². The molecule has 16 heavy (non-hydrogen) atoms. The van der Waals surface area contributed by atoms with Gasteiger partial charge in [0, 0.05) is 17.5 Å². The summed E-state index contributed by atoms with van der Waals surface area (Å²) in [6.45, 7) is 2.36. The Bertz CT molecular complexity index is 531. The van der Waals surface area contributed by atoms with Gasteiger partial charge in [-0.15, -0.1) is 6.42 Å². The number of imidazole rings is 1. The summed E-state index contributed by atoms with van der Waals surface area (Å²) in [6.07, 6.45) is 8.63. The van der Waals surface area contributed by atoms with Gasteiger partial charge in [0.25, 0.3) is 0 Å². The van der Waals surface area contributed by atoms with Crippen molar-refractivity contribution in [2.75, 3.05) is 5.73 Å². The van der Waals surface area contributed by atoms with Crippen LogP contribution >= 0.6 is 0 Å². The summed E-state index contributed by atoms with van der Waals surface area (Å²) >= 11 is 0. The molecule has 0 unspecified atom stereocenters. The summed E-state index contributed by atoms with van der Waals surface area (Å²) in [7, 11) is 0. The number of anilines is 1. The first-order chi connectivity index (χ1) is 7.72. The number of nitrogen functional groups attached to an aromatic ring is 1. The summed E-state index contributed by atoms with van der Waals surface area (Å²) in [4.78, 5) is 8.44. The van der Waals surface area contributed by atoms with Crippen molar-refractivity contribution in [2.45, 2.75) is 13.5 Å². The van der Waals surface area contributed by atoms with Crippen molar-refractivity contribution in [2.24, 2.45) is 0 Å². The van der Waals surface area contributed by atoms with Gasteiger partial charge in [0.2, 0.25) is 0 Å². The molecule has 0 fully saturated rings. The molecule has 2 rings (SSSR count). The van der Waals surface area contributed by atoms with Crippen LogP contribution in [0.15, 0.2) is 24.7 Å². The molecule has 2 aromatic heterocycles. The Morgan fingerprint density at radius 1 is 1.44 bits per heavy atom. The predicted molar refractivity (Wildman–Crippen MR) is 63.4 cm³/mol. The summed E-state index contributed by atoms with van der Waals surface area (Å²) < 4.78 is 1.73. The number of nitrogens with two attached hydrogens (primary N) is 1. The van der Waals surface area contributed by atoms with Crippen LogP contribution in [0.2, 0.25) is 0 Å². The largest absolute Gasteiger partial charge is 0.383 e. The monoisotopic (exact) mass is 212 g/mol. The summed E-state index contributed by atoms with van der Waals surface area (Å²) in [6, 6.07) is 3.87. The first-order valence-corrected chi connectivity index (χ1v) is 4.89. The van der Waals surface area contributed by atoms with Gasteiger partial charge in [0.15, 0.2) is 0 Å². The molecular formula is C12H12N4. The fraction of sp³-hybridized carbons (Fsp3) is 0.167. The second-order valence-corrected chi connectivity index (χ2v) is 3.50. The topological polar surface area (TPSA) is 56.7 Å². The van der Waals surface area contributed by atoms with Gasteiger partial charge in [-0.1, -0.05) is 5.92 Å². The zero-order valence-electron chi connectivity index (χ0n) is 9.01. The second-order valence-electron chi connectivity index (χ2n) is 3.50. The molecular weight excluding hydrogens is 200 g/mol. The highest BCUT2D eigenvalue weighted by molar-refractivity contribution is 5.69. The maximum Gasteiger partial charge on any atom is 0.132 e. The third-order valence-electron chi connectivity index (χ3n) is 2.32. The molecule has 0 bridgehead atoms. The van der Waals surface area contributed by atoms with Gasteiger partial charge >= 0.3 is 0 Å². The number of aryl methyl sites for hydroxylation is 1. The first-order valence-electron chi connectivity index (χ1n) is 4.89. The molecule has 0 aliphatic heterocycles. The molecule has 4 nitrogen and oxygen atoms in total. The molecule has 0 spiro atoms. The molecule has 0 radical (unpaired) electrons. The highest BCUT2D eigenvalue weighted by Crippen LogP contribution is 2.23. The highest BCUT2D eigenvalue weighted by atomic mass is 15.1. The Balaban J connectivity index is 2.42. The third kappa shape index (κ3) is 1.75. The number of hydrogen-bond acceptors (Lipinski definition) is 3. The Morgan fingerprint density at radius 2 is 2.25 bits per heavy atom. The third-order valence-corrected chi connectivity index (χ3v) is 2.32. The van der Waals surface area contributed by atoms with Crippen LogP contribution in [-0.2, 0) is 6.54 Å². The molecule has 80 valence electrons. The molecule has 2 N–H and O–H groups in total. The van der Waals surface area contributed by atoms with Crippen molar-refractivity contribution in [3.63, 3.8) is 0 Å². The van der Waals surface area contributed by atoms with Crippen LogP contribution in [0.1, 0.15) is 5.69 Å². The van der Waals surface area contributed by atoms with Gasteiger partial charge in [0.1, 0.15) is 11.5 Å². The Labute approximate surface area is 94.1 Å². The SMILES string of the molecule is C#CCn1cnc(-c2ccc(C)nc2)c1N. The lowest BCUT2D eigenvalue weighted by Crippen LogP contribution is -2.00. The van der Waals surface area contributed by atoms with Crippen LogP contribution in [0.25, 0.3) is 11.3 Å². The van der Waals surface area contributed by atoms with Crippen molar-refractivity contribution < 1.29 is 0 Å². The maximum absolute atomic E-state index is 5.94. The quantitative estimate of drug-likeness (QED) is 0.767. The number of nitrogens with zero attached hydrogens (tertiary/aromatic N) is 3. The Kier molecular flexibility index (Phi) is 2.61. The van der Waals surface area contributed by atoms with Crippen molar-refractivity contribution in [1.82, 2.24) is 14.5 Å². The van der Waals surface area contributed by atoms with E-state index < -0.39 is 0 Å². The average Bonchev–Trinajstić information content (AvgIpc) is 2.63. The normalized spacial score (nSPS) is 10.0. The molecule has 0 atom stereocenters. The molecule has 0 aliphatic rings. The van der Waals surface area contributed by atoms with Crippen LogP contribution in [0.4, 0.5) is 5.82 Å². The minimum absolute atomic E-state index is 0.429. The van der Waals surface area contributed by atoms with Crippen LogP contribution in [-0.4, -0.2) is 14.5 Å². The van der Waals surface area contributed by atoms with Gasteiger partial charge in [-0.3, -0.25) is 4.98 Å². The van der Waals surface area contributed by atoms with E-state index in [0.29, 0.717) is 12.4 Å². The molecule has 4 heteroatoms. The smallest absolute Gasteiger partial charge is 0.132 e. The zero-order chi connectivity index (χ0) is 11.5. The van der Waals surface area contributed by atoms with E-state index in [-0.39, 0.29) is 0 Å². The summed E-state index contributed by atoms with van der Waals surface area (Å²) in [5.74, 6) is 3.10. The number of aromatic nitrogens is 3. The fourth-order valence-electron chi connectivity index (χ4n) is 1.45. The van der Waals surface area contributed by atoms with Gasteiger partial charge in [-0.25, -0.2) is 4.98 Å². The fourth-order valence-corrected chi connectivity index (χ4v) is 1.45. The summed E-state index contributed by atoms with van der Waals surface area (Å²) in [5.41, 5.74) is 8.53. The minimum atomic E-state index is 0.429. The molecule has 2 heterocycles. The second kappa shape index (κ2) is 4.07. The van der Waals surface area contributed by atoms with Gasteiger partial charge in [-0.2, -0.15) is 0 Å². The van der Waals surface area contributed by atoms with Crippen molar-refractivity contribution in [1.29, 1.82) is 0 Å². The molecule has 0 amide bonds. The Hall–Kier alpha value is -2.28. The summed E-state index contributed by atoms with van der Waals surface area (Å²) in [5, 5.41) is 0. The van der Waals surface area contributed by atoms with Gasteiger partial charge in [0.05, 0.1) is 12.9 Å². The molecule has 0 saturated carbocycles. The Morgan fingerprint density at radius 3 is 2.88 bits per heavy atom. The molecule has 0 saturated heterocycles. The zero-order valence-corrected chi connectivity index (χ0v) is 9.01. The number of pyridine rings is 1. The van der Waals surface area contributed by atoms with E-state index in [4.69, 9.17) is 12.2 Å². The van der Waals surface area contributed by atoms with Crippen LogP contribution in [0.3, 0.4) is 0 Å². The van der Waals surface area contributed by atoms with Crippen LogP contribution in [0, 0.1) is 19.3 Å². The van der Waals surface area contributed by atoms with Crippen molar-refractivity contribution in [3.8, 4) is 23.6 Å². The maximum atomic E-state index is 5.94. The van der Waals surface area contributed by atoms with E-state index in [1.807, 2.05) is 19.1 Å². The minimum Gasteiger partial charge on any atom is -0.383 e. The molecule has 0 aromatic carbocycles. The lowest BCUT2D eigenvalue weighted by Gasteiger charge is -2.01. The standard InChI is InChI=1S/C12H12N4/c1-3-6-16-8-15-11(12(16)13)10-5-4-9(2)14-7-10/h1,4-5,7-8H,6,13H2,2H3. The molecule has 2 aromatic rings. The first kappa shape index (κ1) is 10.2. The van der Waals surface area contributed by atoms with Crippen LogP contribution in [0.5, 0.6) is 0 Å². The predicted octanol–water partition coefficient (Wildman–Crippen LogP) is 1.47. The van der Waals surface area contributed by atoms with E-state index in [1.165, 1.54) is 0 Å². The molecule has 0 aliphatic carbocycles. The lowest BCUT2D eigenvalue weighted by molar-refractivity contribution is 0.852. The number of terminal acetylenes is 1. The van der Waals surface area contributed by atoms with Crippen LogP contribution < -0.4 is 5.73 Å². The number of rotatable bonds is 2. The van der Waals surface area contributed by atoms with E-state index in [1.54, 1.807) is 17.1 Å². The van der Waals surface area contributed by atoms with E-state index >= 15 is 0 Å².